The summed E-state index contributed by atoms with van der Waals surface area (Å²) in [6.07, 6.45) is 1.96. The lowest BCUT2D eigenvalue weighted by molar-refractivity contribution is 0.191. The lowest BCUT2D eigenvalue weighted by Gasteiger charge is -2.23. The van der Waals surface area contributed by atoms with Crippen molar-refractivity contribution >= 4 is 23.2 Å². The summed E-state index contributed by atoms with van der Waals surface area (Å²) in [6.45, 7) is 1.99. The van der Waals surface area contributed by atoms with Crippen LogP contribution in [0, 0.1) is 0 Å². The summed E-state index contributed by atoms with van der Waals surface area (Å²) in [5, 5.41) is 8.10. The molecule has 3 nitrogen and oxygen atoms in total. The second-order valence-electron chi connectivity index (χ2n) is 3.06. The third-order valence-electron chi connectivity index (χ3n) is 2.06. The largest absolute Gasteiger partial charge is 0.487 e. The molecule has 0 saturated carbocycles. The van der Waals surface area contributed by atoms with Crippen LogP contribution in [0.1, 0.15) is 18.9 Å². The standard InChI is InChI=1S/C8H8Cl2N2O/c1-4-2-3-5-6(13-4)8(10)12-11-7(5)9/h4H,2-3H2,1H3. The van der Waals surface area contributed by atoms with Crippen molar-refractivity contribution in [2.24, 2.45) is 0 Å². The minimum Gasteiger partial charge on any atom is -0.487 e. The zero-order valence-corrected chi connectivity index (χ0v) is 8.56. The molecule has 1 unspecified atom stereocenters. The van der Waals surface area contributed by atoms with Gasteiger partial charge in [-0.3, -0.25) is 0 Å². The fourth-order valence-corrected chi connectivity index (χ4v) is 1.77. The Morgan fingerprint density at radius 3 is 2.77 bits per heavy atom. The van der Waals surface area contributed by atoms with Gasteiger partial charge in [-0.1, -0.05) is 23.2 Å². The first kappa shape index (κ1) is 9.03. The van der Waals surface area contributed by atoms with Crippen molar-refractivity contribution in [3.8, 4) is 5.75 Å². The van der Waals surface area contributed by atoms with Crippen LogP contribution in [-0.2, 0) is 6.42 Å². The molecule has 0 spiro atoms. The molecule has 0 saturated heterocycles. The molecule has 1 atom stereocenters. The first-order chi connectivity index (χ1) is 6.18. The van der Waals surface area contributed by atoms with E-state index in [-0.39, 0.29) is 6.10 Å². The average molecular weight is 219 g/mol. The Kier molecular flexibility index (Phi) is 2.30. The average Bonchev–Trinajstić information content (AvgIpc) is 2.12. The van der Waals surface area contributed by atoms with Gasteiger partial charge >= 0.3 is 0 Å². The number of ether oxygens (including phenoxy) is 1. The summed E-state index contributed by atoms with van der Waals surface area (Å²) >= 11 is 11.7. The van der Waals surface area contributed by atoms with E-state index in [1.54, 1.807) is 0 Å². The van der Waals surface area contributed by atoms with Crippen molar-refractivity contribution in [1.29, 1.82) is 0 Å². The van der Waals surface area contributed by atoms with Gasteiger partial charge in [0.2, 0.25) is 0 Å². The van der Waals surface area contributed by atoms with E-state index >= 15 is 0 Å². The van der Waals surface area contributed by atoms with Crippen LogP contribution in [-0.4, -0.2) is 16.3 Å². The number of hydrogen-bond donors (Lipinski definition) is 0. The molecule has 2 rings (SSSR count). The van der Waals surface area contributed by atoms with E-state index in [2.05, 4.69) is 10.2 Å². The molecule has 1 aromatic rings. The quantitative estimate of drug-likeness (QED) is 0.672. The first-order valence-electron chi connectivity index (χ1n) is 4.05. The molecule has 1 aliphatic rings. The summed E-state index contributed by atoms with van der Waals surface area (Å²) in [5.41, 5.74) is 0.875. The number of hydrogen-bond acceptors (Lipinski definition) is 3. The SMILES string of the molecule is CC1CCc2c(Cl)nnc(Cl)c2O1. The van der Waals surface area contributed by atoms with Crippen LogP contribution in [0.15, 0.2) is 0 Å². The number of halogens is 2. The van der Waals surface area contributed by atoms with E-state index in [0.717, 1.165) is 18.4 Å². The summed E-state index contributed by atoms with van der Waals surface area (Å²) in [7, 11) is 0. The van der Waals surface area contributed by atoms with Gasteiger partial charge in [0.15, 0.2) is 16.1 Å². The van der Waals surface area contributed by atoms with Gasteiger partial charge in [0.25, 0.3) is 0 Å². The van der Waals surface area contributed by atoms with Crippen molar-refractivity contribution in [3.05, 3.63) is 15.9 Å². The second-order valence-corrected chi connectivity index (χ2v) is 3.77. The molecule has 0 aromatic carbocycles. The van der Waals surface area contributed by atoms with Crippen LogP contribution in [0.3, 0.4) is 0 Å². The fourth-order valence-electron chi connectivity index (χ4n) is 1.36. The highest BCUT2D eigenvalue weighted by Crippen LogP contribution is 2.35. The zero-order chi connectivity index (χ0) is 9.42. The lowest BCUT2D eigenvalue weighted by atomic mass is 10.1. The van der Waals surface area contributed by atoms with Crippen LogP contribution in [0.4, 0.5) is 0 Å². The van der Waals surface area contributed by atoms with Crippen LogP contribution in [0.5, 0.6) is 5.75 Å². The Bertz CT molecular complexity index is 343. The summed E-state index contributed by atoms with van der Waals surface area (Å²) in [4.78, 5) is 0. The smallest absolute Gasteiger partial charge is 0.194 e. The summed E-state index contributed by atoms with van der Waals surface area (Å²) < 4.78 is 5.52. The van der Waals surface area contributed by atoms with Crippen LogP contribution >= 0.6 is 23.2 Å². The molecule has 0 aliphatic carbocycles. The maximum absolute atomic E-state index is 5.85. The van der Waals surface area contributed by atoms with E-state index in [1.807, 2.05) is 6.92 Å². The van der Waals surface area contributed by atoms with E-state index in [0.29, 0.717) is 16.1 Å². The summed E-state index contributed by atoms with van der Waals surface area (Å²) in [6, 6.07) is 0. The number of rotatable bonds is 0. The molecule has 13 heavy (non-hydrogen) atoms. The molecular weight excluding hydrogens is 211 g/mol. The first-order valence-corrected chi connectivity index (χ1v) is 4.81. The van der Waals surface area contributed by atoms with Crippen LogP contribution in [0.25, 0.3) is 0 Å². The van der Waals surface area contributed by atoms with Crippen molar-refractivity contribution in [2.75, 3.05) is 0 Å². The molecule has 0 radical (unpaired) electrons. The topological polar surface area (TPSA) is 35.0 Å². The number of fused-ring (bicyclic) bond motifs is 1. The molecule has 0 N–H and O–H groups in total. The van der Waals surface area contributed by atoms with Gasteiger partial charge in [-0.2, -0.15) is 0 Å². The molecular formula is C8H8Cl2N2O. The third-order valence-corrected chi connectivity index (χ3v) is 2.61. The van der Waals surface area contributed by atoms with Gasteiger partial charge < -0.3 is 4.74 Å². The van der Waals surface area contributed by atoms with Crippen molar-refractivity contribution in [3.63, 3.8) is 0 Å². The van der Waals surface area contributed by atoms with Gasteiger partial charge in [-0.05, 0) is 19.8 Å². The highest BCUT2D eigenvalue weighted by atomic mass is 35.5. The van der Waals surface area contributed by atoms with E-state index in [4.69, 9.17) is 27.9 Å². The van der Waals surface area contributed by atoms with Gasteiger partial charge in [0, 0.05) is 5.56 Å². The number of aromatic nitrogens is 2. The molecule has 0 fully saturated rings. The summed E-state index contributed by atoms with van der Waals surface area (Å²) in [5.74, 6) is 0.598. The van der Waals surface area contributed by atoms with Crippen molar-refractivity contribution in [1.82, 2.24) is 10.2 Å². The van der Waals surface area contributed by atoms with E-state index in [1.165, 1.54) is 0 Å². The Balaban J connectivity index is 2.51. The Hall–Kier alpha value is -0.540. The number of nitrogens with zero attached hydrogens (tertiary/aromatic N) is 2. The maximum Gasteiger partial charge on any atom is 0.194 e. The third kappa shape index (κ3) is 1.58. The molecule has 2 heterocycles. The highest BCUT2D eigenvalue weighted by Gasteiger charge is 2.22. The van der Waals surface area contributed by atoms with Crippen molar-refractivity contribution in [2.45, 2.75) is 25.9 Å². The lowest BCUT2D eigenvalue weighted by Crippen LogP contribution is -2.20. The van der Waals surface area contributed by atoms with E-state index < -0.39 is 0 Å². The van der Waals surface area contributed by atoms with Crippen LogP contribution in [0.2, 0.25) is 10.3 Å². The predicted octanol–water partition coefficient (Wildman–Crippen LogP) is 2.50. The Morgan fingerprint density at radius 1 is 1.31 bits per heavy atom. The fraction of sp³-hybridized carbons (Fsp3) is 0.500. The molecule has 5 heteroatoms. The second kappa shape index (κ2) is 3.31. The van der Waals surface area contributed by atoms with Gasteiger partial charge in [0.05, 0.1) is 6.10 Å². The molecule has 0 amide bonds. The molecule has 1 aromatic heterocycles. The maximum atomic E-state index is 5.85. The zero-order valence-electron chi connectivity index (χ0n) is 7.05. The minimum absolute atomic E-state index is 0.172. The molecule has 70 valence electrons. The van der Waals surface area contributed by atoms with Gasteiger partial charge in [-0.15, -0.1) is 10.2 Å². The Labute approximate surface area is 86.0 Å². The van der Waals surface area contributed by atoms with Crippen molar-refractivity contribution < 1.29 is 4.74 Å². The van der Waals surface area contributed by atoms with Gasteiger partial charge in [-0.25, -0.2) is 0 Å². The highest BCUT2D eigenvalue weighted by molar-refractivity contribution is 6.33. The van der Waals surface area contributed by atoms with Gasteiger partial charge in [0.1, 0.15) is 0 Å². The van der Waals surface area contributed by atoms with E-state index in [9.17, 15) is 0 Å². The Morgan fingerprint density at radius 2 is 2.00 bits per heavy atom. The minimum atomic E-state index is 0.172. The predicted molar refractivity (Wildman–Crippen MR) is 50.5 cm³/mol. The monoisotopic (exact) mass is 218 g/mol. The normalized spacial score (nSPS) is 20.7. The van der Waals surface area contributed by atoms with Crippen LogP contribution < -0.4 is 4.74 Å². The molecule has 1 aliphatic heterocycles. The molecule has 0 bridgehead atoms.